The summed E-state index contributed by atoms with van der Waals surface area (Å²) in [6.07, 6.45) is 0. The van der Waals surface area contributed by atoms with Crippen LogP contribution < -0.4 is 0 Å². The van der Waals surface area contributed by atoms with Crippen LogP contribution in [0.4, 0.5) is 0 Å². The fraction of sp³-hybridized carbons (Fsp3) is 0.0714. The second-order valence-electron chi connectivity index (χ2n) is 4.08. The van der Waals surface area contributed by atoms with E-state index >= 15 is 0 Å². The van der Waals surface area contributed by atoms with E-state index in [9.17, 15) is 8.42 Å². The lowest BCUT2D eigenvalue weighted by Crippen LogP contribution is -1.93. The van der Waals surface area contributed by atoms with Gasteiger partial charge in [-0.25, -0.2) is 8.42 Å². The molecular weight excluding hydrogens is 360 g/mol. The predicted molar refractivity (Wildman–Crippen MR) is 98.4 cm³/mol. The Balaban J connectivity index is 1.95. The van der Waals surface area contributed by atoms with Gasteiger partial charge in [-0.05, 0) is 42.0 Å². The highest BCUT2D eigenvalue weighted by atomic mass is 33.5. The molecule has 0 amide bonds. The van der Waals surface area contributed by atoms with Gasteiger partial charge in [0.1, 0.15) is 3.53 Å². The van der Waals surface area contributed by atoms with Gasteiger partial charge in [-0.1, -0.05) is 59.9 Å². The SMILES string of the molecule is Cc1ccc(S(=O)(=O)SSC(=S)Sc2ccccc2)cc1. The van der Waals surface area contributed by atoms with Gasteiger partial charge in [0.05, 0.1) is 4.90 Å². The highest BCUT2D eigenvalue weighted by Gasteiger charge is 2.17. The molecule has 0 aliphatic carbocycles. The molecule has 2 nitrogen and oxygen atoms in total. The molecule has 110 valence electrons. The van der Waals surface area contributed by atoms with E-state index in [1.165, 1.54) is 11.8 Å². The number of thioether (sulfide) groups is 1. The lowest BCUT2D eigenvalue weighted by Gasteiger charge is -2.04. The van der Waals surface area contributed by atoms with Gasteiger partial charge >= 0.3 is 0 Å². The van der Waals surface area contributed by atoms with E-state index in [1.54, 1.807) is 24.3 Å². The molecule has 0 aromatic heterocycles. The van der Waals surface area contributed by atoms with Crippen molar-refractivity contribution in [1.29, 1.82) is 0 Å². The van der Waals surface area contributed by atoms with E-state index in [2.05, 4.69) is 0 Å². The molecule has 0 aliphatic heterocycles. The molecule has 0 bridgehead atoms. The zero-order chi connectivity index (χ0) is 15.3. The van der Waals surface area contributed by atoms with Crippen molar-refractivity contribution in [2.24, 2.45) is 0 Å². The average molecular weight is 373 g/mol. The van der Waals surface area contributed by atoms with Crippen molar-refractivity contribution < 1.29 is 8.42 Å². The molecular formula is C14H12O2S5. The van der Waals surface area contributed by atoms with Crippen molar-refractivity contribution in [1.82, 2.24) is 0 Å². The van der Waals surface area contributed by atoms with Crippen molar-refractivity contribution in [3.63, 3.8) is 0 Å². The summed E-state index contributed by atoms with van der Waals surface area (Å²) in [5.41, 5.74) is 1.03. The van der Waals surface area contributed by atoms with Crippen LogP contribution in [0.25, 0.3) is 0 Å². The third kappa shape index (κ3) is 5.34. The van der Waals surface area contributed by atoms with Crippen LogP contribution >= 0.6 is 44.6 Å². The van der Waals surface area contributed by atoms with Crippen LogP contribution in [0.2, 0.25) is 0 Å². The van der Waals surface area contributed by atoms with Crippen LogP contribution in [-0.2, 0) is 8.87 Å². The first-order valence-corrected chi connectivity index (χ1v) is 11.3. The average Bonchev–Trinajstić information content (AvgIpc) is 2.47. The smallest absolute Gasteiger partial charge is 0.211 e. The highest BCUT2D eigenvalue weighted by molar-refractivity contribution is 9.11. The molecule has 0 atom stereocenters. The summed E-state index contributed by atoms with van der Waals surface area (Å²) >= 11 is 6.61. The number of aryl methyl sites for hydroxylation is 1. The largest absolute Gasteiger partial charge is 0.240 e. The summed E-state index contributed by atoms with van der Waals surface area (Å²) in [7, 11) is -1.49. The first kappa shape index (κ1) is 16.9. The van der Waals surface area contributed by atoms with Gasteiger partial charge in [-0.15, -0.1) is 0 Å². The lowest BCUT2D eigenvalue weighted by molar-refractivity contribution is 0.611. The third-order valence-electron chi connectivity index (χ3n) is 2.45. The molecule has 2 aromatic rings. The monoisotopic (exact) mass is 372 g/mol. The van der Waals surface area contributed by atoms with Crippen LogP contribution in [0.1, 0.15) is 5.56 Å². The van der Waals surface area contributed by atoms with Gasteiger partial charge in [0.25, 0.3) is 0 Å². The first-order valence-electron chi connectivity index (χ1n) is 5.92. The summed E-state index contributed by atoms with van der Waals surface area (Å²) in [4.78, 5) is 1.31. The second kappa shape index (κ2) is 7.69. The maximum absolute atomic E-state index is 12.2. The lowest BCUT2D eigenvalue weighted by atomic mass is 10.2. The second-order valence-corrected chi connectivity index (χ2v) is 11.9. The van der Waals surface area contributed by atoms with Crippen molar-refractivity contribution in [2.45, 2.75) is 16.7 Å². The normalized spacial score (nSPS) is 11.3. The Bertz CT molecular complexity index is 709. The summed E-state index contributed by atoms with van der Waals surface area (Å²) in [6, 6.07) is 16.5. The van der Waals surface area contributed by atoms with Crippen molar-refractivity contribution >= 4 is 57.0 Å². The molecule has 0 heterocycles. The van der Waals surface area contributed by atoms with Crippen LogP contribution in [0.3, 0.4) is 0 Å². The molecule has 7 heteroatoms. The molecule has 0 unspecified atom stereocenters. The molecule has 2 rings (SSSR count). The van der Waals surface area contributed by atoms with Crippen LogP contribution in [0, 0.1) is 6.92 Å². The predicted octanol–water partition coefficient (Wildman–Crippen LogP) is 5.14. The van der Waals surface area contributed by atoms with E-state index in [4.69, 9.17) is 12.2 Å². The molecule has 0 spiro atoms. The maximum Gasteiger partial charge on any atom is 0.240 e. The molecule has 21 heavy (non-hydrogen) atoms. The minimum Gasteiger partial charge on any atom is -0.211 e. The van der Waals surface area contributed by atoms with Crippen molar-refractivity contribution in [3.8, 4) is 0 Å². The quantitative estimate of drug-likeness (QED) is 0.420. The zero-order valence-electron chi connectivity index (χ0n) is 11.1. The third-order valence-corrected chi connectivity index (χ3v) is 10.0. The topological polar surface area (TPSA) is 34.1 Å². The van der Waals surface area contributed by atoms with Gasteiger partial charge in [-0.3, -0.25) is 0 Å². The van der Waals surface area contributed by atoms with E-state index in [1.807, 2.05) is 37.3 Å². The Kier molecular flexibility index (Phi) is 6.19. The molecule has 0 radical (unpaired) electrons. The van der Waals surface area contributed by atoms with Crippen molar-refractivity contribution in [3.05, 3.63) is 60.2 Å². The fourth-order valence-electron chi connectivity index (χ4n) is 1.42. The first-order chi connectivity index (χ1) is 9.97. The molecule has 0 saturated heterocycles. The summed E-state index contributed by atoms with van der Waals surface area (Å²) in [5, 5.41) is 0. The van der Waals surface area contributed by atoms with E-state index < -0.39 is 8.87 Å². The van der Waals surface area contributed by atoms with Gasteiger partial charge in [-0.2, -0.15) is 0 Å². The number of benzene rings is 2. The van der Waals surface area contributed by atoms with Crippen molar-refractivity contribution in [2.75, 3.05) is 0 Å². The Morgan fingerprint density at radius 3 is 2.24 bits per heavy atom. The number of thiocarbonyl (C=S) groups is 1. The number of hydrogen-bond acceptors (Lipinski definition) is 6. The Morgan fingerprint density at radius 1 is 1.00 bits per heavy atom. The minimum atomic E-state index is -3.39. The van der Waals surface area contributed by atoms with E-state index in [0.29, 0.717) is 8.42 Å². The van der Waals surface area contributed by atoms with Crippen LogP contribution in [0.15, 0.2) is 64.4 Å². The standard InChI is InChI=1S/C14H12O2S5/c1-11-7-9-13(10-8-11)21(15,16)20-19-14(17)18-12-5-3-2-4-6-12/h2-10H,1H3. The Labute approximate surface area is 141 Å². The number of hydrogen-bond donors (Lipinski definition) is 0. The van der Waals surface area contributed by atoms with Gasteiger partial charge in [0.2, 0.25) is 8.87 Å². The number of rotatable bonds is 4. The van der Waals surface area contributed by atoms with Crippen LogP contribution in [-0.4, -0.2) is 11.9 Å². The molecule has 0 N–H and O–H groups in total. The molecule has 0 fully saturated rings. The van der Waals surface area contributed by atoms with Gasteiger partial charge in [0.15, 0.2) is 0 Å². The highest BCUT2D eigenvalue weighted by Crippen LogP contribution is 2.39. The van der Waals surface area contributed by atoms with Crippen LogP contribution in [0.5, 0.6) is 0 Å². The Hall–Kier alpha value is -0.470. The Morgan fingerprint density at radius 2 is 1.62 bits per heavy atom. The van der Waals surface area contributed by atoms with Gasteiger partial charge in [0, 0.05) is 14.7 Å². The molecule has 0 saturated carbocycles. The summed E-state index contributed by atoms with van der Waals surface area (Å²) < 4.78 is 24.9. The maximum atomic E-state index is 12.2. The molecule has 0 aliphatic rings. The summed E-state index contributed by atoms with van der Waals surface area (Å²) in [5.74, 6) is 0. The minimum absolute atomic E-state index is 0.304. The molecule has 2 aromatic carbocycles. The summed E-state index contributed by atoms with van der Waals surface area (Å²) in [6.45, 7) is 1.92. The van der Waals surface area contributed by atoms with Gasteiger partial charge < -0.3 is 0 Å². The fourth-order valence-corrected chi connectivity index (χ4v) is 8.13. The van der Waals surface area contributed by atoms with E-state index in [-0.39, 0.29) is 0 Å². The zero-order valence-corrected chi connectivity index (χ0v) is 15.1. The van der Waals surface area contributed by atoms with E-state index in [0.717, 1.165) is 31.1 Å².